The normalized spacial score (nSPS) is 22.7. The smallest absolute Gasteiger partial charge is 0.311 e. The SMILES string of the molecule is CC(C)CC1(C)CC(c2ccc(C(F)(F)F)c(-c3n[nH]c4ncccc34)n2)CCN1. The molecule has 3 aromatic heterocycles. The van der Waals surface area contributed by atoms with Gasteiger partial charge in [-0.15, -0.1) is 0 Å². The van der Waals surface area contributed by atoms with Gasteiger partial charge in [0.1, 0.15) is 11.4 Å². The van der Waals surface area contributed by atoms with Crippen LogP contribution >= 0.6 is 0 Å². The first-order valence-electron chi connectivity index (χ1n) is 10.3. The van der Waals surface area contributed by atoms with E-state index in [4.69, 9.17) is 0 Å². The fraction of sp³-hybridized carbons (Fsp3) is 0.500. The molecule has 0 amide bonds. The molecule has 1 fully saturated rings. The zero-order chi connectivity index (χ0) is 21.5. The van der Waals surface area contributed by atoms with Crippen molar-refractivity contribution in [1.82, 2.24) is 25.5 Å². The second kappa shape index (κ2) is 7.65. The van der Waals surface area contributed by atoms with Crippen LogP contribution in [0.15, 0.2) is 30.5 Å². The average Bonchev–Trinajstić information content (AvgIpc) is 3.10. The molecule has 1 saturated heterocycles. The van der Waals surface area contributed by atoms with E-state index in [1.807, 2.05) is 0 Å². The van der Waals surface area contributed by atoms with E-state index in [1.165, 1.54) is 6.07 Å². The minimum absolute atomic E-state index is 0.0510. The van der Waals surface area contributed by atoms with Crippen molar-refractivity contribution >= 4 is 11.0 Å². The Morgan fingerprint density at radius 2 is 2.00 bits per heavy atom. The molecule has 3 aromatic rings. The Morgan fingerprint density at radius 3 is 2.73 bits per heavy atom. The van der Waals surface area contributed by atoms with Gasteiger partial charge in [-0.05, 0) is 62.9 Å². The van der Waals surface area contributed by atoms with Crippen LogP contribution in [-0.2, 0) is 6.18 Å². The van der Waals surface area contributed by atoms with Gasteiger partial charge in [0.05, 0.1) is 5.56 Å². The van der Waals surface area contributed by atoms with Crippen LogP contribution in [0, 0.1) is 5.92 Å². The van der Waals surface area contributed by atoms with Crippen LogP contribution in [0.3, 0.4) is 0 Å². The molecule has 2 N–H and O–H groups in total. The Morgan fingerprint density at radius 1 is 1.20 bits per heavy atom. The van der Waals surface area contributed by atoms with Crippen molar-refractivity contribution in [3.63, 3.8) is 0 Å². The monoisotopic (exact) mass is 417 g/mol. The lowest BCUT2D eigenvalue weighted by Gasteiger charge is -2.40. The van der Waals surface area contributed by atoms with Gasteiger partial charge in [-0.3, -0.25) is 10.1 Å². The topological polar surface area (TPSA) is 66.5 Å². The summed E-state index contributed by atoms with van der Waals surface area (Å²) in [5, 5.41) is 11.0. The molecular weight excluding hydrogens is 391 g/mol. The number of piperidine rings is 1. The number of halogens is 3. The van der Waals surface area contributed by atoms with Gasteiger partial charge in [-0.2, -0.15) is 18.3 Å². The van der Waals surface area contributed by atoms with Gasteiger partial charge < -0.3 is 5.32 Å². The molecule has 0 spiro atoms. The molecule has 30 heavy (non-hydrogen) atoms. The summed E-state index contributed by atoms with van der Waals surface area (Å²) in [4.78, 5) is 8.68. The van der Waals surface area contributed by atoms with Crippen LogP contribution in [0.4, 0.5) is 13.2 Å². The molecule has 0 saturated carbocycles. The van der Waals surface area contributed by atoms with E-state index in [-0.39, 0.29) is 22.8 Å². The lowest BCUT2D eigenvalue weighted by molar-refractivity contribution is -0.137. The zero-order valence-electron chi connectivity index (χ0n) is 17.3. The first-order valence-corrected chi connectivity index (χ1v) is 10.3. The Balaban J connectivity index is 1.77. The minimum atomic E-state index is -4.52. The summed E-state index contributed by atoms with van der Waals surface area (Å²) in [6.07, 6.45) is -0.259. The number of pyridine rings is 2. The molecule has 0 radical (unpaired) electrons. The van der Waals surface area contributed by atoms with Crippen molar-refractivity contribution in [2.45, 2.75) is 57.7 Å². The number of aromatic nitrogens is 4. The molecule has 0 aromatic carbocycles. The van der Waals surface area contributed by atoms with Crippen LogP contribution in [-0.4, -0.2) is 32.2 Å². The molecule has 2 atom stereocenters. The molecule has 4 rings (SSSR count). The fourth-order valence-corrected chi connectivity index (χ4v) is 4.72. The van der Waals surface area contributed by atoms with Gasteiger partial charge in [0.2, 0.25) is 0 Å². The summed E-state index contributed by atoms with van der Waals surface area (Å²) in [6.45, 7) is 7.38. The zero-order valence-corrected chi connectivity index (χ0v) is 17.3. The van der Waals surface area contributed by atoms with E-state index < -0.39 is 11.7 Å². The van der Waals surface area contributed by atoms with Gasteiger partial charge in [-0.25, -0.2) is 4.98 Å². The van der Waals surface area contributed by atoms with Crippen molar-refractivity contribution in [2.24, 2.45) is 5.92 Å². The third-order valence-electron chi connectivity index (χ3n) is 5.80. The number of nitrogens with zero attached hydrogens (tertiary/aromatic N) is 3. The van der Waals surface area contributed by atoms with Crippen LogP contribution < -0.4 is 5.32 Å². The summed E-state index contributed by atoms with van der Waals surface area (Å²) in [5.74, 6) is 0.625. The summed E-state index contributed by atoms with van der Waals surface area (Å²) >= 11 is 0. The largest absolute Gasteiger partial charge is 0.418 e. The third-order valence-corrected chi connectivity index (χ3v) is 5.80. The average molecular weight is 417 g/mol. The van der Waals surface area contributed by atoms with E-state index in [0.29, 0.717) is 22.6 Å². The Kier molecular flexibility index (Phi) is 5.30. The standard InChI is InChI=1S/C22H26F3N5/c1-13(2)11-21(3)12-14(8-10-27-21)17-7-6-16(22(23,24)25)19(28-17)18-15-5-4-9-26-20(15)30-29-18/h4-7,9,13-14,27H,8,10-12H2,1-3H3,(H,26,29,30). The van der Waals surface area contributed by atoms with E-state index in [0.717, 1.165) is 31.9 Å². The second-order valence-corrected chi connectivity index (χ2v) is 8.88. The predicted octanol–water partition coefficient (Wildman–Crippen LogP) is 5.31. The molecule has 0 bridgehead atoms. The lowest BCUT2D eigenvalue weighted by atomic mass is 9.77. The molecule has 160 valence electrons. The van der Waals surface area contributed by atoms with Gasteiger partial charge in [-0.1, -0.05) is 13.8 Å². The molecule has 5 nitrogen and oxygen atoms in total. The molecule has 0 aliphatic carbocycles. The van der Waals surface area contributed by atoms with Crippen LogP contribution in [0.25, 0.3) is 22.4 Å². The molecule has 4 heterocycles. The Hall–Kier alpha value is -2.48. The second-order valence-electron chi connectivity index (χ2n) is 8.88. The first kappa shape index (κ1) is 20.8. The van der Waals surface area contributed by atoms with Gasteiger partial charge in [0.25, 0.3) is 0 Å². The Bertz CT molecular complexity index is 1040. The summed E-state index contributed by atoms with van der Waals surface area (Å²) < 4.78 is 41.3. The fourth-order valence-electron chi connectivity index (χ4n) is 4.72. The Labute approximate surface area is 173 Å². The first-order chi connectivity index (χ1) is 14.2. The highest BCUT2D eigenvalue weighted by atomic mass is 19.4. The number of hydrogen-bond donors (Lipinski definition) is 2. The molecule has 1 aliphatic heterocycles. The van der Waals surface area contributed by atoms with Crippen molar-refractivity contribution < 1.29 is 13.2 Å². The van der Waals surface area contributed by atoms with Crippen molar-refractivity contribution in [1.29, 1.82) is 0 Å². The molecule has 8 heteroatoms. The van der Waals surface area contributed by atoms with Crippen molar-refractivity contribution in [2.75, 3.05) is 6.54 Å². The van der Waals surface area contributed by atoms with Crippen LogP contribution in [0.2, 0.25) is 0 Å². The number of aromatic amines is 1. The molecular formula is C22H26F3N5. The third kappa shape index (κ3) is 4.05. The highest BCUT2D eigenvalue weighted by molar-refractivity contribution is 5.90. The number of rotatable bonds is 4. The number of H-pyrrole nitrogens is 1. The lowest BCUT2D eigenvalue weighted by Crippen LogP contribution is -2.49. The van der Waals surface area contributed by atoms with Gasteiger partial charge >= 0.3 is 6.18 Å². The quantitative estimate of drug-likeness (QED) is 0.604. The van der Waals surface area contributed by atoms with Crippen molar-refractivity contribution in [3.8, 4) is 11.4 Å². The maximum Gasteiger partial charge on any atom is 0.418 e. The number of nitrogens with one attached hydrogen (secondary N) is 2. The molecule has 1 aliphatic rings. The highest BCUT2D eigenvalue weighted by Crippen LogP contribution is 2.40. The summed E-state index contributed by atoms with van der Waals surface area (Å²) in [6, 6.07) is 6.07. The van der Waals surface area contributed by atoms with Gasteiger partial charge in [0.15, 0.2) is 5.65 Å². The van der Waals surface area contributed by atoms with E-state index >= 15 is 0 Å². The van der Waals surface area contributed by atoms with Crippen molar-refractivity contribution in [3.05, 3.63) is 41.7 Å². The van der Waals surface area contributed by atoms with E-state index in [2.05, 4.69) is 46.3 Å². The maximum absolute atomic E-state index is 13.8. The van der Waals surface area contributed by atoms with Crippen LogP contribution in [0.5, 0.6) is 0 Å². The highest BCUT2D eigenvalue weighted by Gasteiger charge is 2.38. The van der Waals surface area contributed by atoms with E-state index in [9.17, 15) is 13.2 Å². The predicted molar refractivity (Wildman–Crippen MR) is 110 cm³/mol. The molecule has 2 unspecified atom stereocenters. The van der Waals surface area contributed by atoms with E-state index in [1.54, 1.807) is 18.3 Å². The number of alkyl halides is 3. The van der Waals surface area contributed by atoms with Crippen LogP contribution in [0.1, 0.15) is 57.2 Å². The maximum atomic E-state index is 13.8. The van der Waals surface area contributed by atoms with Gasteiger partial charge in [0, 0.05) is 28.7 Å². The summed E-state index contributed by atoms with van der Waals surface area (Å²) in [7, 11) is 0. The minimum Gasteiger partial charge on any atom is -0.311 e. The number of fused-ring (bicyclic) bond motifs is 1. The number of hydrogen-bond acceptors (Lipinski definition) is 4. The summed E-state index contributed by atoms with van der Waals surface area (Å²) in [5.41, 5.74) is 0.357.